The summed E-state index contributed by atoms with van der Waals surface area (Å²) in [4.78, 5) is 23.9. The molecule has 23 heavy (non-hydrogen) atoms. The monoisotopic (exact) mass is 336 g/mol. The van der Waals surface area contributed by atoms with E-state index in [1.54, 1.807) is 19.1 Å². The first-order valence-electron chi connectivity index (χ1n) is 6.89. The van der Waals surface area contributed by atoms with Crippen LogP contribution in [0.2, 0.25) is 5.02 Å². The number of carbonyl (C=O) groups excluding carboxylic acids is 2. The number of methoxy groups -OCH3 is 1. The first-order valence-corrected chi connectivity index (χ1v) is 7.27. The highest BCUT2D eigenvalue weighted by molar-refractivity contribution is 6.40. The van der Waals surface area contributed by atoms with Crippen LogP contribution < -0.4 is 15.4 Å². The molecule has 0 saturated heterocycles. The summed E-state index contributed by atoms with van der Waals surface area (Å²) in [5, 5.41) is 5.44. The van der Waals surface area contributed by atoms with E-state index in [0.29, 0.717) is 22.2 Å². The lowest BCUT2D eigenvalue weighted by atomic mass is 10.2. The van der Waals surface area contributed by atoms with Crippen molar-refractivity contribution in [3.05, 3.63) is 46.4 Å². The molecule has 0 saturated carbocycles. The van der Waals surface area contributed by atoms with E-state index < -0.39 is 11.8 Å². The fraction of sp³-hybridized carbons (Fsp3) is 0.250. The van der Waals surface area contributed by atoms with E-state index in [-0.39, 0.29) is 6.54 Å². The molecule has 0 aliphatic carbocycles. The van der Waals surface area contributed by atoms with Crippen molar-refractivity contribution in [3.8, 4) is 5.75 Å². The fourth-order valence-electron chi connectivity index (χ4n) is 2.07. The molecule has 1 aromatic heterocycles. The third-order valence-electron chi connectivity index (χ3n) is 3.20. The second-order valence-corrected chi connectivity index (χ2v) is 5.36. The molecule has 122 valence electrons. The van der Waals surface area contributed by atoms with Gasteiger partial charge in [-0.1, -0.05) is 11.6 Å². The lowest BCUT2D eigenvalue weighted by molar-refractivity contribution is -0.136. The summed E-state index contributed by atoms with van der Waals surface area (Å²) in [6, 6.07) is 6.55. The van der Waals surface area contributed by atoms with Gasteiger partial charge in [-0.05, 0) is 38.1 Å². The Bertz CT molecular complexity index is 740. The van der Waals surface area contributed by atoms with Crippen molar-refractivity contribution in [2.75, 3.05) is 12.4 Å². The van der Waals surface area contributed by atoms with E-state index in [4.69, 9.17) is 20.8 Å². The molecule has 0 radical (unpaired) electrons. The van der Waals surface area contributed by atoms with Gasteiger partial charge in [0.15, 0.2) is 0 Å². The Morgan fingerprint density at radius 2 is 1.96 bits per heavy atom. The molecule has 0 bridgehead atoms. The highest BCUT2D eigenvalue weighted by Gasteiger charge is 2.16. The van der Waals surface area contributed by atoms with Crippen molar-refractivity contribution < 1.29 is 18.7 Å². The van der Waals surface area contributed by atoms with Crippen molar-refractivity contribution in [2.24, 2.45) is 0 Å². The normalized spacial score (nSPS) is 10.3. The van der Waals surface area contributed by atoms with Crippen molar-refractivity contribution in [3.63, 3.8) is 0 Å². The molecule has 2 aromatic rings. The highest BCUT2D eigenvalue weighted by Crippen LogP contribution is 2.27. The number of hydrogen-bond acceptors (Lipinski definition) is 4. The maximum Gasteiger partial charge on any atom is 0.313 e. The maximum absolute atomic E-state index is 12.0. The number of ether oxygens (including phenoxy) is 1. The van der Waals surface area contributed by atoms with Crippen LogP contribution in [-0.2, 0) is 16.1 Å². The Kier molecular flexibility index (Phi) is 5.28. The van der Waals surface area contributed by atoms with Gasteiger partial charge in [-0.15, -0.1) is 0 Å². The Labute approximate surface area is 138 Å². The molecule has 0 unspecified atom stereocenters. The first-order chi connectivity index (χ1) is 10.9. The number of carbonyl (C=O) groups is 2. The van der Waals surface area contributed by atoms with E-state index in [9.17, 15) is 9.59 Å². The van der Waals surface area contributed by atoms with Gasteiger partial charge in [-0.2, -0.15) is 0 Å². The summed E-state index contributed by atoms with van der Waals surface area (Å²) in [5.41, 5.74) is 1.15. The molecule has 2 N–H and O–H groups in total. The molecule has 1 heterocycles. The standard InChI is InChI=1S/C16H17ClN2O4/c1-9-6-11(10(2)23-9)8-18-15(20)16(21)19-13-7-12(17)4-5-14(13)22-3/h4-7H,8H2,1-3H3,(H,18,20)(H,19,21). The number of amides is 2. The molecule has 6 nitrogen and oxygen atoms in total. The first kappa shape index (κ1) is 16.9. The van der Waals surface area contributed by atoms with Crippen molar-refractivity contribution >= 4 is 29.1 Å². The molecule has 0 aliphatic rings. The molecule has 2 amide bonds. The smallest absolute Gasteiger partial charge is 0.313 e. The summed E-state index contributed by atoms with van der Waals surface area (Å²) in [6.07, 6.45) is 0. The molecule has 0 aliphatic heterocycles. The number of furan rings is 1. The van der Waals surface area contributed by atoms with Crippen LogP contribution in [0, 0.1) is 13.8 Å². The minimum atomic E-state index is -0.802. The fourth-order valence-corrected chi connectivity index (χ4v) is 2.24. The van der Waals surface area contributed by atoms with Crippen LogP contribution in [0.4, 0.5) is 5.69 Å². The number of rotatable bonds is 4. The van der Waals surface area contributed by atoms with Crippen LogP contribution in [0.5, 0.6) is 5.75 Å². The average molecular weight is 337 g/mol. The Morgan fingerprint density at radius 1 is 1.22 bits per heavy atom. The number of hydrogen-bond donors (Lipinski definition) is 2. The molecule has 2 rings (SSSR count). The van der Waals surface area contributed by atoms with E-state index in [2.05, 4.69) is 10.6 Å². The van der Waals surface area contributed by atoms with Gasteiger partial charge < -0.3 is 19.8 Å². The number of anilines is 1. The Morgan fingerprint density at radius 3 is 2.57 bits per heavy atom. The number of nitrogens with one attached hydrogen (secondary N) is 2. The van der Waals surface area contributed by atoms with E-state index in [0.717, 1.165) is 11.3 Å². The molecular weight excluding hydrogens is 320 g/mol. The van der Waals surface area contributed by atoms with Crippen LogP contribution in [0.25, 0.3) is 0 Å². The summed E-state index contributed by atoms with van der Waals surface area (Å²) in [6.45, 7) is 3.82. The highest BCUT2D eigenvalue weighted by atomic mass is 35.5. The van der Waals surface area contributed by atoms with Crippen molar-refractivity contribution in [1.82, 2.24) is 5.32 Å². The van der Waals surface area contributed by atoms with E-state index in [1.165, 1.54) is 13.2 Å². The zero-order chi connectivity index (χ0) is 17.0. The lowest BCUT2D eigenvalue weighted by Gasteiger charge is -2.10. The van der Waals surface area contributed by atoms with Gasteiger partial charge in [0, 0.05) is 17.1 Å². The van der Waals surface area contributed by atoms with Crippen molar-refractivity contribution in [2.45, 2.75) is 20.4 Å². The van der Waals surface area contributed by atoms with Crippen LogP contribution in [0.3, 0.4) is 0 Å². The average Bonchev–Trinajstić information content (AvgIpc) is 2.82. The van der Waals surface area contributed by atoms with Gasteiger partial charge >= 0.3 is 11.8 Å². The van der Waals surface area contributed by atoms with Crippen LogP contribution in [0.15, 0.2) is 28.7 Å². The quantitative estimate of drug-likeness (QED) is 0.841. The molecule has 1 aromatic carbocycles. The Hall–Kier alpha value is -2.47. The zero-order valence-electron chi connectivity index (χ0n) is 13.0. The van der Waals surface area contributed by atoms with Gasteiger partial charge in [0.1, 0.15) is 17.3 Å². The van der Waals surface area contributed by atoms with Crippen LogP contribution in [0.1, 0.15) is 17.1 Å². The Balaban J connectivity index is 1.99. The van der Waals surface area contributed by atoms with Gasteiger partial charge in [0.05, 0.1) is 12.8 Å². The molecule has 0 fully saturated rings. The van der Waals surface area contributed by atoms with E-state index in [1.807, 2.05) is 13.0 Å². The van der Waals surface area contributed by atoms with Crippen molar-refractivity contribution in [1.29, 1.82) is 0 Å². The summed E-state index contributed by atoms with van der Waals surface area (Å²) < 4.78 is 10.5. The second-order valence-electron chi connectivity index (χ2n) is 4.92. The topological polar surface area (TPSA) is 80.6 Å². The molecule has 0 spiro atoms. The molecule has 7 heteroatoms. The largest absolute Gasteiger partial charge is 0.495 e. The van der Waals surface area contributed by atoms with Gasteiger partial charge in [0.2, 0.25) is 0 Å². The van der Waals surface area contributed by atoms with Gasteiger partial charge in [-0.25, -0.2) is 0 Å². The minimum absolute atomic E-state index is 0.210. The third-order valence-corrected chi connectivity index (χ3v) is 3.43. The third kappa shape index (κ3) is 4.26. The number of aryl methyl sites for hydroxylation is 2. The number of benzene rings is 1. The second kappa shape index (κ2) is 7.19. The van der Waals surface area contributed by atoms with E-state index >= 15 is 0 Å². The minimum Gasteiger partial charge on any atom is -0.495 e. The molecule has 0 atom stereocenters. The van der Waals surface area contributed by atoms with Crippen LogP contribution >= 0.6 is 11.6 Å². The lowest BCUT2D eigenvalue weighted by Crippen LogP contribution is -2.35. The zero-order valence-corrected chi connectivity index (χ0v) is 13.8. The molecular formula is C16H17ClN2O4. The number of halogens is 1. The maximum atomic E-state index is 12.0. The SMILES string of the molecule is COc1ccc(Cl)cc1NC(=O)C(=O)NCc1cc(C)oc1C. The summed E-state index contributed by atoms with van der Waals surface area (Å²) in [5.74, 6) is 0.310. The predicted molar refractivity (Wildman–Crippen MR) is 86.7 cm³/mol. The predicted octanol–water partition coefficient (Wildman–Crippen LogP) is 2.81. The van der Waals surface area contributed by atoms with Crippen LogP contribution in [-0.4, -0.2) is 18.9 Å². The summed E-state index contributed by atoms with van der Waals surface area (Å²) in [7, 11) is 1.46. The summed E-state index contributed by atoms with van der Waals surface area (Å²) >= 11 is 5.88. The van der Waals surface area contributed by atoms with Gasteiger partial charge in [-0.3, -0.25) is 9.59 Å². The van der Waals surface area contributed by atoms with Gasteiger partial charge in [0.25, 0.3) is 0 Å².